The average molecular weight is 348 g/mol. The van der Waals surface area contributed by atoms with Crippen molar-refractivity contribution >= 4 is 5.57 Å². The molecule has 0 amide bonds. The van der Waals surface area contributed by atoms with Crippen molar-refractivity contribution in [3.63, 3.8) is 0 Å². The second-order valence-corrected chi connectivity index (χ2v) is 7.63. The van der Waals surface area contributed by atoms with Gasteiger partial charge < -0.3 is 4.74 Å². The van der Waals surface area contributed by atoms with Crippen molar-refractivity contribution in [1.82, 2.24) is 0 Å². The van der Waals surface area contributed by atoms with Crippen molar-refractivity contribution < 1.29 is 13.5 Å². The van der Waals surface area contributed by atoms with E-state index in [4.69, 9.17) is 4.74 Å². The Hall–Kier alpha value is -1.38. The van der Waals surface area contributed by atoms with Crippen molar-refractivity contribution in [1.29, 1.82) is 0 Å². The summed E-state index contributed by atoms with van der Waals surface area (Å²) >= 11 is 0. The first-order chi connectivity index (χ1) is 12.1. The molecule has 0 bridgehead atoms. The molecule has 0 aliphatic heterocycles. The van der Waals surface area contributed by atoms with E-state index in [0.29, 0.717) is 12.2 Å². The number of allylic oxidation sites excluding steroid dienone is 2. The van der Waals surface area contributed by atoms with Crippen LogP contribution in [0.25, 0.3) is 5.57 Å². The topological polar surface area (TPSA) is 9.23 Å². The van der Waals surface area contributed by atoms with Crippen LogP contribution in [0.4, 0.5) is 8.78 Å². The zero-order chi connectivity index (χ0) is 17.8. The summed E-state index contributed by atoms with van der Waals surface area (Å²) < 4.78 is 33.7. The van der Waals surface area contributed by atoms with Gasteiger partial charge in [-0.15, -0.1) is 0 Å². The Labute approximate surface area is 150 Å². The van der Waals surface area contributed by atoms with Crippen molar-refractivity contribution in [3.8, 4) is 5.75 Å². The summed E-state index contributed by atoms with van der Waals surface area (Å²) in [5, 5.41) is 0. The highest BCUT2D eigenvalue weighted by molar-refractivity contribution is 5.67. The first kappa shape index (κ1) is 18.4. The number of halogens is 2. The minimum atomic E-state index is -0.861. The van der Waals surface area contributed by atoms with Gasteiger partial charge in [-0.2, -0.15) is 4.39 Å². The zero-order valence-corrected chi connectivity index (χ0v) is 15.5. The van der Waals surface area contributed by atoms with Gasteiger partial charge in [0, 0.05) is 5.56 Å². The van der Waals surface area contributed by atoms with E-state index < -0.39 is 11.6 Å². The highest BCUT2D eigenvalue weighted by atomic mass is 19.2. The summed E-state index contributed by atoms with van der Waals surface area (Å²) in [4.78, 5) is 0. The molecule has 2 aliphatic rings. The zero-order valence-electron chi connectivity index (χ0n) is 15.5. The standard InChI is InChI=1S/C22H30F2O/c1-3-15-5-7-16(8-6-15)17-9-11-18(12-10-17)19-13-14-20(25-4-2)22(24)21(19)23/h11,13-17H,3-10,12H2,1-2H3/t15-,16-,17?. The Morgan fingerprint density at radius 2 is 1.72 bits per heavy atom. The first-order valence-electron chi connectivity index (χ1n) is 9.94. The molecular weight excluding hydrogens is 318 g/mol. The molecule has 1 aromatic rings. The summed E-state index contributed by atoms with van der Waals surface area (Å²) in [6, 6.07) is 3.22. The Balaban J connectivity index is 1.66. The third-order valence-electron chi connectivity index (χ3n) is 6.28. The van der Waals surface area contributed by atoms with Gasteiger partial charge in [0.15, 0.2) is 11.6 Å². The van der Waals surface area contributed by atoms with Crippen molar-refractivity contribution in [2.24, 2.45) is 17.8 Å². The lowest BCUT2D eigenvalue weighted by atomic mass is 9.70. The molecule has 1 saturated carbocycles. The Bertz CT molecular complexity index is 615. The minimum Gasteiger partial charge on any atom is -0.491 e. The largest absolute Gasteiger partial charge is 0.491 e. The smallest absolute Gasteiger partial charge is 0.201 e. The number of hydrogen-bond acceptors (Lipinski definition) is 1. The van der Waals surface area contributed by atoms with E-state index in [9.17, 15) is 8.78 Å². The molecular formula is C22H30F2O. The maximum Gasteiger partial charge on any atom is 0.201 e. The molecule has 3 rings (SSSR count). The fraction of sp³-hybridized carbons (Fsp3) is 0.636. The second kappa shape index (κ2) is 8.33. The molecule has 3 heteroatoms. The lowest BCUT2D eigenvalue weighted by Crippen LogP contribution is -2.23. The van der Waals surface area contributed by atoms with Crippen molar-refractivity contribution in [2.45, 2.75) is 65.2 Å². The van der Waals surface area contributed by atoms with Crippen LogP contribution >= 0.6 is 0 Å². The Kier molecular flexibility index (Phi) is 6.14. The van der Waals surface area contributed by atoms with E-state index in [1.165, 1.54) is 32.1 Å². The summed E-state index contributed by atoms with van der Waals surface area (Å²) in [6.45, 7) is 4.40. The van der Waals surface area contributed by atoms with E-state index in [1.807, 2.05) is 0 Å². The Morgan fingerprint density at radius 1 is 0.960 bits per heavy atom. The van der Waals surface area contributed by atoms with Crippen molar-refractivity contribution in [3.05, 3.63) is 35.4 Å². The van der Waals surface area contributed by atoms with E-state index >= 15 is 0 Å². The van der Waals surface area contributed by atoms with Gasteiger partial charge >= 0.3 is 0 Å². The van der Waals surface area contributed by atoms with Crippen LogP contribution < -0.4 is 4.74 Å². The van der Waals surface area contributed by atoms with Gasteiger partial charge in [-0.3, -0.25) is 0 Å². The average Bonchev–Trinajstić information content (AvgIpc) is 2.66. The molecule has 2 aliphatic carbocycles. The molecule has 0 heterocycles. The third-order valence-corrected chi connectivity index (χ3v) is 6.28. The SMILES string of the molecule is CCOc1ccc(C2=CCC([C@H]3CC[C@H](CC)CC3)CC2)c(F)c1F. The van der Waals surface area contributed by atoms with E-state index in [2.05, 4.69) is 13.0 Å². The quantitative estimate of drug-likeness (QED) is 0.571. The van der Waals surface area contributed by atoms with Gasteiger partial charge in [-0.1, -0.05) is 32.3 Å². The monoisotopic (exact) mass is 348 g/mol. The van der Waals surface area contributed by atoms with Crippen LogP contribution in [0.2, 0.25) is 0 Å². The predicted octanol–water partition coefficient (Wildman–Crippen LogP) is 6.76. The molecule has 1 nitrogen and oxygen atoms in total. The third kappa shape index (κ3) is 4.07. The highest BCUT2D eigenvalue weighted by Gasteiger charge is 2.29. The van der Waals surface area contributed by atoms with Crippen LogP contribution in [-0.4, -0.2) is 6.61 Å². The van der Waals surface area contributed by atoms with Gasteiger partial charge in [0.05, 0.1) is 6.61 Å². The molecule has 0 radical (unpaired) electrons. The molecule has 1 aromatic carbocycles. The van der Waals surface area contributed by atoms with E-state index in [-0.39, 0.29) is 5.75 Å². The molecule has 0 saturated heterocycles. The van der Waals surface area contributed by atoms with Gasteiger partial charge in [-0.25, -0.2) is 4.39 Å². The van der Waals surface area contributed by atoms with Crippen LogP contribution in [0, 0.1) is 29.4 Å². The number of ether oxygens (including phenoxy) is 1. The molecule has 0 spiro atoms. The molecule has 1 unspecified atom stereocenters. The maximum absolute atomic E-state index is 14.4. The van der Waals surface area contributed by atoms with Gasteiger partial charge in [-0.05, 0) is 74.5 Å². The predicted molar refractivity (Wildman–Crippen MR) is 98.6 cm³/mol. The van der Waals surface area contributed by atoms with Crippen LogP contribution in [0.1, 0.15) is 70.8 Å². The maximum atomic E-state index is 14.4. The lowest BCUT2D eigenvalue weighted by molar-refractivity contribution is 0.192. The second-order valence-electron chi connectivity index (χ2n) is 7.63. The molecule has 138 valence electrons. The van der Waals surface area contributed by atoms with Crippen LogP contribution in [0.15, 0.2) is 18.2 Å². The van der Waals surface area contributed by atoms with Crippen LogP contribution in [0.3, 0.4) is 0 Å². The molecule has 1 atom stereocenters. The summed E-state index contributed by atoms with van der Waals surface area (Å²) in [5.74, 6) is 0.844. The van der Waals surface area contributed by atoms with Gasteiger partial charge in [0.2, 0.25) is 5.82 Å². The molecule has 0 N–H and O–H groups in total. The number of benzene rings is 1. The first-order valence-corrected chi connectivity index (χ1v) is 9.94. The molecule has 0 aromatic heterocycles. The highest BCUT2D eigenvalue weighted by Crippen LogP contribution is 2.42. The minimum absolute atomic E-state index is 0.00530. The Morgan fingerprint density at radius 3 is 2.32 bits per heavy atom. The van der Waals surface area contributed by atoms with E-state index in [1.54, 1.807) is 19.1 Å². The molecule has 1 fully saturated rings. The molecule has 25 heavy (non-hydrogen) atoms. The van der Waals surface area contributed by atoms with Crippen LogP contribution in [-0.2, 0) is 0 Å². The normalized spacial score (nSPS) is 27.0. The van der Waals surface area contributed by atoms with E-state index in [0.717, 1.165) is 42.6 Å². The summed E-state index contributed by atoms with van der Waals surface area (Å²) in [6.07, 6.45) is 11.8. The van der Waals surface area contributed by atoms with Crippen LogP contribution in [0.5, 0.6) is 5.75 Å². The number of rotatable bonds is 5. The van der Waals surface area contributed by atoms with Gasteiger partial charge in [0.25, 0.3) is 0 Å². The fourth-order valence-electron chi connectivity index (χ4n) is 4.64. The number of hydrogen-bond donors (Lipinski definition) is 0. The lowest BCUT2D eigenvalue weighted by Gasteiger charge is -2.35. The summed E-state index contributed by atoms with van der Waals surface area (Å²) in [5.41, 5.74) is 1.37. The summed E-state index contributed by atoms with van der Waals surface area (Å²) in [7, 11) is 0. The fourth-order valence-corrected chi connectivity index (χ4v) is 4.64. The van der Waals surface area contributed by atoms with Crippen molar-refractivity contribution in [2.75, 3.05) is 6.61 Å². The van der Waals surface area contributed by atoms with Gasteiger partial charge in [0.1, 0.15) is 0 Å².